The predicted molar refractivity (Wildman–Crippen MR) is 224 cm³/mol. The molecule has 1 aliphatic carbocycles. The molecule has 6 heteroatoms. The van der Waals surface area contributed by atoms with Gasteiger partial charge >= 0.3 is 0 Å². The molecule has 0 amide bonds. The molecule has 0 saturated heterocycles. The second-order valence-electron chi connectivity index (χ2n) is 17.6. The highest BCUT2D eigenvalue weighted by Gasteiger charge is 2.52. The van der Waals surface area contributed by atoms with Crippen molar-refractivity contribution in [3.8, 4) is 28.4 Å². The molecule has 55 heavy (non-hydrogen) atoms. The van der Waals surface area contributed by atoms with Crippen LogP contribution in [0.2, 0.25) is 0 Å². The van der Waals surface area contributed by atoms with Gasteiger partial charge in [-0.1, -0.05) is 70.0 Å². The van der Waals surface area contributed by atoms with Crippen molar-refractivity contribution in [1.82, 2.24) is 14.5 Å². The van der Waals surface area contributed by atoms with Crippen LogP contribution >= 0.6 is 0 Å². The second kappa shape index (κ2) is 12.4. The average Bonchev–Trinajstić information content (AvgIpc) is 3.65. The van der Waals surface area contributed by atoms with Crippen LogP contribution in [0.3, 0.4) is 0 Å². The van der Waals surface area contributed by atoms with E-state index in [2.05, 4.69) is 140 Å². The molecule has 6 nitrogen and oxygen atoms in total. The number of rotatable bonds is 5. The van der Waals surface area contributed by atoms with E-state index in [1.54, 1.807) is 0 Å². The van der Waals surface area contributed by atoms with Crippen LogP contribution in [-0.2, 0) is 15.6 Å². The van der Waals surface area contributed by atoms with E-state index in [4.69, 9.17) is 24.4 Å². The molecule has 9 rings (SSSR count). The predicted octanol–water partition coefficient (Wildman–Crippen LogP) is 12.2. The van der Waals surface area contributed by atoms with Crippen LogP contribution in [0.5, 0.6) is 11.5 Å². The minimum atomic E-state index is -0.418. The van der Waals surface area contributed by atoms with Gasteiger partial charge in [-0.25, -0.2) is 9.98 Å². The molecule has 0 spiro atoms. The number of aryl methyl sites for hydroxylation is 3. The third kappa shape index (κ3) is 5.99. The molecular formula is C49H48N4O2. The van der Waals surface area contributed by atoms with Gasteiger partial charge in [0.05, 0.1) is 16.9 Å². The maximum absolute atomic E-state index is 6.97. The molecule has 0 N–H and O–H groups in total. The van der Waals surface area contributed by atoms with E-state index < -0.39 is 5.54 Å². The number of ether oxygens (including phenoxy) is 2. The summed E-state index contributed by atoms with van der Waals surface area (Å²) in [6.07, 6.45) is 4.40. The van der Waals surface area contributed by atoms with Gasteiger partial charge in [-0.2, -0.15) is 0 Å². The van der Waals surface area contributed by atoms with Gasteiger partial charge in [-0.15, -0.1) is 0 Å². The highest BCUT2D eigenvalue weighted by molar-refractivity contribution is 6.08. The van der Waals surface area contributed by atoms with E-state index in [0.29, 0.717) is 11.6 Å². The van der Waals surface area contributed by atoms with E-state index in [-0.39, 0.29) is 16.9 Å². The Morgan fingerprint density at radius 1 is 0.745 bits per heavy atom. The van der Waals surface area contributed by atoms with Gasteiger partial charge < -0.3 is 9.47 Å². The van der Waals surface area contributed by atoms with Crippen molar-refractivity contribution in [2.75, 3.05) is 0 Å². The minimum Gasteiger partial charge on any atom is -0.467 e. The van der Waals surface area contributed by atoms with E-state index in [9.17, 15) is 0 Å². The first-order valence-corrected chi connectivity index (χ1v) is 19.3. The van der Waals surface area contributed by atoms with Crippen molar-refractivity contribution in [3.63, 3.8) is 0 Å². The quantitative estimate of drug-likeness (QED) is 0.177. The Bertz CT molecular complexity index is 2700. The molecule has 2 aliphatic rings. The Morgan fingerprint density at radius 3 is 2.31 bits per heavy atom. The fourth-order valence-electron chi connectivity index (χ4n) is 9.36. The van der Waals surface area contributed by atoms with Crippen LogP contribution in [0.1, 0.15) is 93.0 Å². The van der Waals surface area contributed by atoms with Gasteiger partial charge in [0.25, 0.3) is 0 Å². The lowest BCUT2D eigenvalue weighted by molar-refractivity contribution is 0.108. The summed E-state index contributed by atoms with van der Waals surface area (Å²) in [4.78, 5) is 15.0. The SMILES string of the molecule is Cc1cc(C)c2c(c1)[C@@H]1OC(c3cc(Oc4cc(-n5c6ccc(C)cc6c6cccnc65)cc(C(C)(C)C)c4)cc(-c4ccccn4)c3)=N[C@]1(C)CC2(C)C. The Labute approximate surface area is 323 Å². The summed E-state index contributed by atoms with van der Waals surface area (Å²) in [7, 11) is 0. The number of hydrogen-bond acceptors (Lipinski definition) is 5. The van der Waals surface area contributed by atoms with Crippen LogP contribution < -0.4 is 4.74 Å². The number of nitrogens with zero attached hydrogens (tertiary/aromatic N) is 4. The fourth-order valence-corrected chi connectivity index (χ4v) is 9.36. The van der Waals surface area contributed by atoms with Crippen LogP contribution in [0.25, 0.3) is 38.9 Å². The maximum Gasteiger partial charge on any atom is 0.217 e. The zero-order valence-corrected chi connectivity index (χ0v) is 33.3. The van der Waals surface area contributed by atoms with Crippen LogP contribution in [0, 0.1) is 20.8 Å². The monoisotopic (exact) mass is 724 g/mol. The second-order valence-corrected chi connectivity index (χ2v) is 17.6. The molecule has 0 bridgehead atoms. The van der Waals surface area contributed by atoms with Gasteiger partial charge in [0.2, 0.25) is 5.90 Å². The average molecular weight is 725 g/mol. The highest BCUT2D eigenvalue weighted by Crippen LogP contribution is 2.54. The number of pyridine rings is 2. The molecule has 4 aromatic carbocycles. The normalized spacial score (nSPS) is 18.9. The van der Waals surface area contributed by atoms with Gasteiger partial charge in [0.15, 0.2) is 6.10 Å². The largest absolute Gasteiger partial charge is 0.467 e. The van der Waals surface area contributed by atoms with Crippen molar-refractivity contribution >= 4 is 27.8 Å². The third-order valence-corrected chi connectivity index (χ3v) is 11.5. The Balaban J connectivity index is 1.18. The molecule has 0 fully saturated rings. The van der Waals surface area contributed by atoms with Crippen molar-refractivity contribution in [1.29, 1.82) is 0 Å². The summed E-state index contributed by atoms with van der Waals surface area (Å²) in [6.45, 7) is 20.2. The van der Waals surface area contributed by atoms with Crippen molar-refractivity contribution in [2.45, 2.75) is 91.2 Å². The van der Waals surface area contributed by atoms with E-state index in [0.717, 1.165) is 56.8 Å². The molecule has 1 aliphatic heterocycles. The Morgan fingerprint density at radius 2 is 1.53 bits per heavy atom. The number of hydrogen-bond donors (Lipinski definition) is 0. The van der Waals surface area contributed by atoms with Crippen LogP contribution in [0.15, 0.2) is 114 Å². The number of aromatic nitrogens is 3. The number of benzene rings is 4. The molecule has 3 aromatic heterocycles. The lowest BCUT2D eigenvalue weighted by atomic mass is 9.63. The van der Waals surface area contributed by atoms with Gasteiger partial charge in [-0.05, 0) is 134 Å². The number of aliphatic imine (C=N–C) groups is 1. The van der Waals surface area contributed by atoms with Crippen molar-refractivity contribution in [2.24, 2.45) is 4.99 Å². The molecule has 4 heterocycles. The van der Waals surface area contributed by atoms with Crippen LogP contribution in [0.4, 0.5) is 0 Å². The molecular weight excluding hydrogens is 677 g/mol. The summed E-state index contributed by atoms with van der Waals surface area (Å²) >= 11 is 0. The zero-order valence-electron chi connectivity index (χ0n) is 33.3. The molecule has 7 aromatic rings. The Kier molecular flexibility index (Phi) is 7.88. The highest BCUT2D eigenvalue weighted by atomic mass is 16.5. The summed E-state index contributed by atoms with van der Waals surface area (Å²) in [5, 5.41) is 2.31. The Hall–Kier alpha value is -5.75. The molecule has 0 radical (unpaired) electrons. The lowest BCUT2D eigenvalue weighted by Crippen LogP contribution is -2.42. The lowest BCUT2D eigenvalue weighted by Gasteiger charge is -2.44. The zero-order chi connectivity index (χ0) is 38.4. The topological polar surface area (TPSA) is 61.5 Å². The minimum absolute atomic E-state index is 0.0503. The summed E-state index contributed by atoms with van der Waals surface area (Å²) < 4.78 is 16.2. The molecule has 0 unspecified atom stereocenters. The van der Waals surface area contributed by atoms with Gasteiger partial charge in [0, 0.05) is 40.4 Å². The smallest absolute Gasteiger partial charge is 0.217 e. The maximum atomic E-state index is 6.97. The van der Waals surface area contributed by atoms with Crippen molar-refractivity contribution in [3.05, 3.63) is 148 Å². The number of fused-ring (bicyclic) bond motifs is 6. The van der Waals surface area contributed by atoms with Crippen molar-refractivity contribution < 1.29 is 9.47 Å². The molecule has 276 valence electrons. The summed E-state index contributed by atoms with van der Waals surface area (Å²) in [5.41, 5.74) is 12.6. The van der Waals surface area contributed by atoms with E-state index >= 15 is 0 Å². The standard InChI is InChI=1S/C49H48N4O2/c1-29-15-16-42-39(20-29)38-13-12-18-51-45(38)53(42)35-25-34(47(4,5)6)26-37(27-35)54-36-23-32(41-14-10-11-17-50-41)22-33(24-36)46-52-49(9)28-48(7,8)43-31(3)19-30(2)21-40(43)44(49)55-46/h10-27,44H,28H2,1-9H3/t44-,49+/m0/s1. The van der Waals surface area contributed by atoms with Crippen LogP contribution in [-0.4, -0.2) is 26.0 Å². The van der Waals surface area contributed by atoms with E-state index in [1.807, 2.05) is 36.7 Å². The third-order valence-electron chi connectivity index (χ3n) is 11.5. The first kappa shape index (κ1) is 35.0. The summed E-state index contributed by atoms with van der Waals surface area (Å²) in [5.74, 6) is 2.06. The molecule has 2 atom stereocenters. The molecule has 0 saturated carbocycles. The first-order valence-electron chi connectivity index (χ1n) is 19.3. The summed E-state index contributed by atoms with van der Waals surface area (Å²) in [6, 6.07) is 34.2. The fraction of sp³-hybridized carbons (Fsp3) is 0.286. The van der Waals surface area contributed by atoms with Gasteiger partial charge in [0.1, 0.15) is 22.7 Å². The first-order chi connectivity index (χ1) is 26.2. The van der Waals surface area contributed by atoms with E-state index in [1.165, 1.54) is 33.2 Å². The van der Waals surface area contributed by atoms with Gasteiger partial charge in [-0.3, -0.25) is 9.55 Å².